The molecule has 3 aromatic rings. The Labute approximate surface area is 156 Å². The summed E-state index contributed by atoms with van der Waals surface area (Å²) in [5.41, 5.74) is 1.30. The fourth-order valence-electron chi connectivity index (χ4n) is 3.09. The van der Waals surface area contributed by atoms with Crippen molar-refractivity contribution >= 4 is 22.9 Å². The topological polar surface area (TPSA) is 82.1 Å². The highest BCUT2D eigenvalue weighted by molar-refractivity contribution is 5.97. The molecule has 8 heteroatoms. The van der Waals surface area contributed by atoms with Crippen molar-refractivity contribution in [3.8, 4) is 0 Å². The average Bonchev–Trinajstić information content (AvgIpc) is 3.04. The number of Topliss-reactive ketones (excluding diaryl/α,β-unsaturated/α-hetero) is 1. The second kappa shape index (κ2) is 6.86. The summed E-state index contributed by atoms with van der Waals surface area (Å²) in [7, 11) is 6.54. The van der Waals surface area contributed by atoms with Crippen LogP contribution in [0.15, 0.2) is 33.9 Å². The number of carbonyl (C=O) groups excluding carboxylic acids is 1. The summed E-state index contributed by atoms with van der Waals surface area (Å²) in [6, 6.07) is 7.44. The SMILES string of the molecule is CCc1ccc(C(=O)Cn2c(N(C)C)nc3c2c(=O)n(C)c(=O)n3C)cc1. The Hall–Kier alpha value is -3.16. The average molecular weight is 369 g/mol. The molecule has 0 unspecified atom stereocenters. The van der Waals surface area contributed by atoms with Crippen molar-refractivity contribution in [2.75, 3.05) is 19.0 Å². The zero-order valence-corrected chi connectivity index (χ0v) is 16.2. The zero-order chi connectivity index (χ0) is 19.9. The third-order valence-corrected chi connectivity index (χ3v) is 4.71. The van der Waals surface area contributed by atoms with E-state index < -0.39 is 11.2 Å². The molecule has 0 bridgehead atoms. The van der Waals surface area contributed by atoms with Crippen molar-refractivity contribution in [3.63, 3.8) is 0 Å². The highest BCUT2D eigenvalue weighted by atomic mass is 16.2. The van der Waals surface area contributed by atoms with Gasteiger partial charge in [0.25, 0.3) is 5.56 Å². The molecular formula is C19H23N5O3. The Morgan fingerprint density at radius 2 is 1.70 bits per heavy atom. The van der Waals surface area contributed by atoms with E-state index in [0.29, 0.717) is 11.5 Å². The molecule has 0 spiro atoms. The molecule has 1 aromatic carbocycles. The molecule has 0 saturated carbocycles. The van der Waals surface area contributed by atoms with Crippen molar-refractivity contribution < 1.29 is 4.79 Å². The van der Waals surface area contributed by atoms with Crippen molar-refractivity contribution in [1.29, 1.82) is 0 Å². The lowest BCUT2D eigenvalue weighted by Crippen LogP contribution is -2.37. The van der Waals surface area contributed by atoms with Gasteiger partial charge in [0.2, 0.25) is 5.95 Å². The van der Waals surface area contributed by atoms with Gasteiger partial charge in [-0.25, -0.2) is 4.79 Å². The summed E-state index contributed by atoms with van der Waals surface area (Å²) in [6.07, 6.45) is 0.898. The van der Waals surface area contributed by atoms with Gasteiger partial charge in [-0.2, -0.15) is 4.98 Å². The number of benzene rings is 1. The van der Waals surface area contributed by atoms with E-state index in [-0.39, 0.29) is 23.5 Å². The van der Waals surface area contributed by atoms with Crippen LogP contribution in [-0.2, 0) is 27.1 Å². The van der Waals surface area contributed by atoms with Gasteiger partial charge in [0.15, 0.2) is 16.9 Å². The summed E-state index contributed by atoms with van der Waals surface area (Å²) in [5.74, 6) is 0.317. The van der Waals surface area contributed by atoms with Crippen LogP contribution in [-0.4, -0.2) is 38.6 Å². The van der Waals surface area contributed by atoms with Crippen LogP contribution in [0.2, 0.25) is 0 Å². The minimum Gasteiger partial charge on any atom is -0.348 e. The Morgan fingerprint density at radius 1 is 1.07 bits per heavy atom. The Kier molecular flexibility index (Phi) is 4.73. The molecule has 0 aliphatic heterocycles. The van der Waals surface area contributed by atoms with Crippen molar-refractivity contribution in [2.24, 2.45) is 14.1 Å². The van der Waals surface area contributed by atoms with Gasteiger partial charge in [0.1, 0.15) is 0 Å². The fraction of sp³-hybridized carbons (Fsp3) is 0.368. The first kappa shape index (κ1) is 18.6. The minimum atomic E-state index is -0.470. The molecule has 2 heterocycles. The lowest BCUT2D eigenvalue weighted by atomic mass is 10.1. The summed E-state index contributed by atoms with van der Waals surface area (Å²) in [4.78, 5) is 43.9. The predicted molar refractivity (Wildman–Crippen MR) is 105 cm³/mol. The number of anilines is 1. The third kappa shape index (κ3) is 3.07. The largest absolute Gasteiger partial charge is 0.348 e. The number of fused-ring (bicyclic) bond motifs is 1. The van der Waals surface area contributed by atoms with E-state index in [1.165, 1.54) is 11.6 Å². The second-order valence-corrected chi connectivity index (χ2v) is 6.74. The summed E-state index contributed by atoms with van der Waals surface area (Å²) < 4.78 is 3.92. The van der Waals surface area contributed by atoms with Gasteiger partial charge in [-0.15, -0.1) is 0 Å². The van der Waals surface area contributed by atoms with E-state index in [1.807, 2.05) is 12.1 Å². The summed E-state index contributed by atoms with van der Waals surface area (Å²) in [5, 5.41) is 0. The molecule has 0 aliphatic carbocycles. The molecule has 142 valence electrons. The summed E-state index contributed by atoms with van der Waals surface area (Å²) in [6.45, 7) is 2.01. The highest BCUT2D eigenvalue weighted by Gasteiger charge is 2.22. The van der Waals surface area contributed by atoms with Crippen LogP contribution >= 0.6 is 0 Å². The normalized spacial score (nSPS) is 11.1. The number of nitrogens with zero attached hydrogens (tertiary/aromatic N) is 5. The highest BCUT2D eigenvalue weighted by Crippen LogP contribution is 2.19. The number of imidazole rings is 1. The molecule has 0 amide bonds. The smallest absolute Gasteiger partial charge is 0.332 e. The molecule has 27 heavy (non-hydrogen) atoms. The molecule has 0 N–H and O–H groups in total. The van der Waals surface area contributed by atoms with Crippen LogP contribution in [0.1, 0.15) is 22.8 Å². The first-order valence-corrected chi connectivity index (χ1v) is 8.72. The van der Waals surface area contributed by atoms with E-state index in [1.54, 1.807) is 42.7 Å². The van der Waals surface area contributed by atoms with Crippen LogP contribution in [0.4, 0.5) is 5.95 Å². The Balaban J connectivity index is 2.17. The monoisotopic (exact) mass is 369 g/mol. The molecule has 0 fully saturated rings. The number of ketones is 1. The lowest BCUT2D eigenvalue weighted by molar-refractivity contribution is 0.0973. The zero-order valence-electron chi connectivity index (χ0n) is 16.2. The van der Waals surface area contributed by atoms with Gasteiger partial charge in [0.05, 0.1) is 6.54 Å². The quantitative estimate of drug-likeness (QED) is 0.625. The summed E-state index contributed by atoms with van der Waals surface area (Å²) >= 11 is 0. The minimum absolute atomic E-state index is 0.0388. The van der Waals surface area contributed by atoms with Crippen LogP contribution < -0.4 is 16.1 Å². The number of carbonyl (C=O) groups is 1. The molecule has 0 saturated heterocycles. The maximum atomic E-state index is 12.8. The van der Waals surface area contributed by atoms with Crippen LogP contribution in [0, 0.1) is 0 Å². The Morgan fingerprint density at radius 3 is 2.26 bits per heavy atom. The maximum absolute atomic E-state index is 12.8. The van der Waals surface area contributed by atoms with Crippen LogP contribution in [0.5, 0.6) is 0 Å². The third-order valence-electron chi connectivity index (χ3n) is 4.71. The molecular weight excluding hydrogens is 346 g/mol. The molecule has 0 aliphatic rings. The first-order valence-electron chi connectivity index (χ1n) is 8.72. The van der Waals surface area contributed by atoms with Crippen LogP contribution in [0.3, 0.4) is 0 Å². The molecule has 0 radical (unpaired) electrons. The number of aryl methyl sites for hydroxylation is 2. The van der Waals surface area contributed by atoms with Gasteiger partial charge in [0, 0.05) is 33.8 Å². The van der Waals surface area contributed by atoms with Gasteiger partial charge in [-0.1, -0.05) is 31.2 Å². The fourth-order valence-corrected chi connectivity index (χ4v) is 3.09. The maximum Gasteiger partial charge on any atom is 0.332 e. The van der Waals surface area contributed by atoms with E-state index in [2.05, 4.69) is 11.9 Å². The van der Waals surface area contributed by atoms with E-state index >= 15 is 0 Å². The van der Waals surface area contributed by atoms with Crippen molar-refractivity contribution in [3.05, 3.63) is 56.2 Å². The van der Waals surface area contributed by atoms with Gasteiger partial charge >= 0.3 is 5.69 Å². The lowest BCUT2D eigenvalue weighted by Gasteiger charge is -2.14. The van der Waals surface area contributed by atoms with E-state index in [0.717, 1.165) is 16.6 Å². The van der Waals surface area contributed by atoms with Gasteiger partial charge in [-0.05, 0) is 12.0 Å². The molecule has 8 nitrogen and oxygen atoms in total. The molecule has 0 atom stereocenters. The molecule has 3 rings (SSSR count). The van der Waals surface area contributed by atoms with Crippen molar-refractivity contribution in [1.82, 2.24) is 18.7 Å². The number of hydrogen-bond acceptors (Lipinski definition) is 5. The second-order valence-electron chi connectivity index (χ2n) is 6.74. The van der Waals surface area contributed by atoms with E-state index in [9.17, 15) is 14.4 Å². The number of hydrogen-bond donors (Lipinski definition) is 0. The first-order chi connectivity index (χ1) is 12.8. The van der Waals surface area contributed by atoms with Gasteiger partial charge in [-0.3, -0.25) is 23.3 Å². The molecule has 2 aromatic heterocycles. The Bertz CT molecular complexity index is 1130. The van der Waals surface area contributed by atoms with Crippen molar-refractivity contribution in [2.45, 2.75) is 19.9 Å². The van der Waals surface area contributed by atoms with Crippen LogP contribution in [0.25, 0.3) is 11.2 Å². The number of rotatable bonds is 5. The predicted octanol–water partition coefficient (Wildman–Crippen LogP) is 0.945. The van der Waals surface area contributed by atoms with Gasteiger partial charge < -0.3 is 4.90 Å². The number of aromatic nitrogens is 4. The van der Waals surface area contributed by atoms with E-state index in [4.69, 9.17) is 0 Å². The standard InChI is InChI=1S/C19H23N5O3/c1-6-12-7-9-13(10-8-12)14(25)11-24-15-16(20-18(24)21(2)3)22(4)19(27)23(5)17(15)26/h7-10H,6,11H2,1-5H3.